The number of aromatic carboxylic acids is 1. The number of nitrogens with zero attached hydrogens (tertiary/aromatic N) is 2. The molecule has 1 aliphatic rings. The molecule has 0 aromatic heterocycles. The van der Waals surface area contributed by atoms with Gasteiger partial charge < -0.3 is 19.5 Å². The second kappa shape index (κ2) is 19.9. The van der Waals surface area contributed by atoms with Crippen LogP contribution in [0.3, 0.4) is 0 Å². The Labute approximate surface area is 313 Å². The molecule has 1 aliphatic heterocycles. The van der Waals surface area contributed by atoms with Crippen molar-refractivity contribution in [2.75, 3.05) is 32.7 Å². The number of carboxylic acid groups (broad SMARTS) is 1. The summed E-state index contributed by atoms with van der Waals surface area (Å²) < 4.78 is 37.8. The Morgan fingerprint density at radius 3 is 1.47 bits per heavy atom. The molecule has 4 aromatic rings. The molecule has 0 spiro atoms. The molecule has 0 saturated carbocycles. The van der Waals surface area contributed by atoms with Crippen molar-refractivity contribution in [3.8, 4) is 11.5 Å². The van der Waals surface area contributed by atoms with E-state index >= 15 is 0 Å². The highest BCUT2D eigenvalue weighted by molar-refractivity contribution is 5.94. The summed E-state index contributed by atoms with van der Waals surface area (Å²) in [6, 6.07) is 23.1. The Hall–Kier alpha value is -4.76. The number of carboxylic acids is 1. The van der Waals surface area contributed by atoms with Gasteiger partial charge in [-0.25, -0.2) is 13.6 Å². The van der Waals surface area contributed by atoms with Crippen molar-refractivity contribution in [3.63, 3.8) is 0 Å². The van der Waals surface area contributed by atoms with Gasteiger partial charge >= 0.3 is 5.97 Å². The van der Waals surface area contributed by atoms with Gasteiger partial charge in [-0.3, -0.25) is 9.69 Å². The molecule has 7 nitrogen and oxygen atoms in total. The number of piperazine rings is 1. The van der Waals surface area contributed by atoms with Crippen LogP contribution >= 0.6 is 0 Å². The van der Waals surface area contributed by atoms with E-state index in [1.807, 2.05) is 23.1 Å². The lowest BCUT2D eigenvalue weighted by molar-refractivity contribution is 0.0622. The molecule has 0 unspecified atom stereocenters. The molecule has 5 rings (SSSR count). The van der Waals surface area contributed by atoms with Gasteiger partial charge in [0, 0.05) is 38.3 Å². The van der Waals surface area contributed by atoms with Gasteiger partial charge in [0.05, 0.1) is 5.56 Å². The standard InChI is InChI=1S/C26H35FN2O2.C18H19FO3/c1-19(2)15-23-16-22(26(30)29-13-11-28(12-14-29)17-20(3)4)7-10-25(23)31-18-21-5-8-24(27)9-6-21;1-12(2)9-15-10-14(18(20)21)5-8-17(15)22-11-13-3-6-16(19)7-4-13/h5-10,16,19-20H,11-15,17-18H2,1-4H3;3-8,10,12H,9,11H2,1-2H3,(H,20,21). The molecule has 1 saturated heterocycles. The maximum absolute atomic E-state index is 13.1. The van der Waals surface area contributed by atoms with Crippen LogP contribution in [0.15, 0.2) is 84.9 Å². The minimum atomic E-state index is -0.949. The SMILES string of the molecule is CC(C)Cc1cc(C(=O)N2CCN(CC(C)C)CC2)ccc1OCc1ccc(F)cc1.CC(C)Cc1cc(C(=O)O)ccc1OCc1ccc(F)cc1. The molecule has 0 bridgehead atoms. The Kier molecular flexibility index (Phi) is 15.4. The van der Waals surface area contributed by atoms with Crippen molar-refractivity contribution in [1.29, 1.82) is 0 Å². The number of ether oxygens (including phenoxy) is 2. The third kappa shape index (κ3) is 13.3. The van der Waals surface area contributed by atoms with E-state index in [0.717, 1.165) is 79.1 Å². The van der Waals surface area contributed by atoms with Gasteiger partial charge in [0.2, 0.25) is 0 Å². The fourth-order valence-corrected chi connectivity index (χ4v) is 6.22. The van der Waals surface area contributed by atoms with E-state index in [-0.39, 0.29) is 23.1 Å². The van der Waals surface area contributed by atoms with E-state index < -0.39 is 5.97 Å². The molecule has 0 radical (unpaired) electrons. The van der Waals surface area contributed by atoms with E-state index in [2.05, 4.69) is 46.4 Å². The smallest absolute Gasteiger partial charge is 0.335 e. The van der Waals surface area contributed by atoms with Crippen LogP contribution in [0.1, 0.15) is 84.5 Å². The van der Waals surface area contributed by atoms with E-state index in [1.165, 1.54) is 30.3 Å². The Morgan fingerprint density at radius 1 is 0.623 bits per heavy atom. The maximum atomic E-state index is 13.1. The summed E-state index contributed by atoms with van der Waals surface area (Å²) in [5, 5.41) is 9.09. The van der Waals surface area contributed by atoms with E-state index in [0.29, 0.717) is 36.7 Å². The zero-order chi connectivity index (χ0) is 38.5. The van der Waals surface area contributed by atoms with Crippen LogP contribution in [-0.2, 0) is 26.1 Å². The topological polar surface area (TPSA) is 79.3 Å². The molecular weight excluding hydrogens is 674 g/mol. The van der Waals surface area contributed by atoms with E-state index in [4.69, 9.17) is 14.6 Å². The molecule has 284 valence electrons. The highest BCUT2D eigenvalue weighted by Gasteiger charge is 2.23. The van der Waals surface area contributed by atoms with Gasteiger partial charge in [-0.05, 0) is 114 Å². The van der Waals surface area contributed by atoms with Crippen LogP contribution in [0.4, 0.5) is 8.78 Å². The summed E-state index contributed by atoms with van der Waals surface area (Å²) in [5.41, 5.74) is 4.67. The van der Waals surface area contributed by atoms with Crippen molar-refractivity contribution in [2.45, 2.75) is 67.6 Å². The second-order valence-electron chi connectivity index (χ2n) is 15.0. The van der Waals surface area contributed by atoms with Gasteiger partial charge in [-0.2, -0.15) is 0 Å². The van der Waals surface area contributed by atoms with Gasteiger partial charge in [-0.1, -0.05) is 65.8 Å². The summed E-state index contributed by atoms with van der Waals surface area (Å²) in [6.07, 6.45) is 1.57. The third-order valence-electron chi connectivity index (χ3n) is 8.77. The van der Waals surface area contributed by atoms with Crippen LogP contribution in [0.25, 0.3) is 0 Å². The van der Waals surface area contributed by atoms with Crippen LogP contribution in [0, 0.1) is 29.4 Å². The molecular formula is C44H54F2N2O5. The molecule has 53 heavy (non-hydrogen) atoms. The number of amides is 1. The first kappa shape index (κ1) is 41.0. The largest absolute Gasteiger partial charge is 0.489 e. The third-order valence-corrected chi connectivity index (χ3v) is 8.77. The lowest BCUT2D eigenvalue weighted by atomic mass is 9.99. The maximum Gasteiger partial charge on any atom is 0.335 e. The van der Waals surface area contributed by atoms with Crippen molar-refractivity contribution in [2.24, 2.45) is 17.8 Å². The highest BCUT2D eigenvalue weighted by Crippen LogP contribution is 2.27. The summed E-state index contributed by atoms with van der Waals surface area (Å²) in [7, 11) is 0. The summed E-state index contributed by atoms with van der Waals surface area (Å²) >= 11 is 0. The monoisotopic (exact) mass is 728 g/mol. The van der Waals surface area contributed by atoms with Crippen LogP contribution in [0.2, 0.25) is 0 Å². The molecule has 9 heteroatoms. The van der Waals surface area contributed by atoms with Crippen molar-refractivity contribution >= 4 is 11.9 Å². The first-order valence-electron chi connectivity index (χ1n) is 18.5. The highest BCUT2D eigenvalue weighted by atomic mass is 19.1. The molecule has 1 amide bonds. The zero-order valence-corrected chi connectivity index (χ0v) is 31.9. The van der Waals surface area contributed by atoms with Gasteiger partial charge in [0.15, 0.2) is 0 Å². The Balaban J connectivity index is 0.000000251. The van der Waals surface area contributed by atoms with E-state index in [1.54, 1.807) is 36.4 Å². The number of hydrogen-bond acceptors (Lipinski definition) is 5. The molecule has 4 aromatic carbocycles. The molecule has 1 fully saturated rings. The summed E-state index contributed by atoms with van der Waals surface area (Å²) in [5.74, 6) is 1.54. The first-order chi connectivity index (χ1) is 25.3. The Morgan fingerprint density at radius 2 is 1.06 bits per heavy atom. The normalized spacial score (nSPS) is 13.2. The lowest BCUT2D eigenvalue weighted by Crippen LogP contribution is -2.49. The predicted octanol–water partition coefficient (Wildman–Crippen LogP) is 9.32. The molecule has 0 aliphatic carbocycles. The number of hydrogen-bond donors (Lipinski definition) is 1. The number of benzene rings is 4. The average molecular weight is 729 g/mol. The number of halogens is 2. The molecule has 0 atom stereocenters. The number of carbonyl (C=O) groups is 2. The quantitative estimate of drug-likeness (QED) is 0.140. The minimum Gasteiger partial charge on any atom is -0.489 e. The van der Waals surface area contributed by atoms with Gasteiger partial charge in [0.25, 0.3) is 5.91 Å². The van der Waals surface area contributed by atoms with Crippen LogP contribution in [0.5, 0.6) is 11.5 Å². The van der Waals surface area contributed by atoms with Gasteiger partial charge in [0.1, 0.15) is 36.3 Å². The Bertz CT molecular complexity index is 1770. The fourth-order valence-electron chi connectivity index (χ4n) is 6.22. The first-order valence-corrected chi connectivity index (χ1v) is 18.5. The summed E-state index contributed by atoms with van der Waals surface area (Å²) in [4.78, 5) is 28.6. The van der Waals surface area contributed by atoms with Crippen LogP contribution in [-0.4, -0.2) is 59.5 Å². The molecule has 1 N–H and O–H groups in total. The average Bonchev–Trinajstić information content (AvgIpc) is 3.11. The lowest BCUT2D eigenvalue weighted by Gasteiger charge is -2.35. The molecule has 1 heterocycles. The fraction of sp³-hybridized carbons (Fsp3) is 0.409. The van der Waals surface area contributed by atoms with Crippen molar-refractivity contribution < 1.29 is 33.0 Å². The van der Waals surface area contributed by atoms with Crippen molar-refractivity contribution in [1.82, 2.24) is 9.80 Å². The van der Waals surface area contributed by atoms with Gasteiger partial charge in [-0.15, -0.1) is 0 Å². The number of carbonyl (C=O) groups excluding carboxylic acids is 1. The number of rotatable bonds is 14. The second-order valence-corrected chi connectivity index (χ2v) is 15.0. The van der Waals surface area contributed by atoms with Crippen molar-refractivity contribution in [3.05, 3.63) is 130 Å². The summed E-state index contributed by atoms with van der Waals surface area (Å²) in [6.45, 7) is 18.1. The minimum absolute atomic E-state index is 0.0966. The van der Waals surface area contributed by atoms with Crippen LogP contribution < -0.4 is 9.47 Å². The predicted molar refractivity (Wildman–Crippen MR) is 206 cm³/mol. The zero-order valence-electron chi connectivity index (χ0n) is 31.9. The van der Waals surface area contributed by atoms with E-state index in [9.17, 15) is 18.4 Å².